The van der Waals surface area contributed by atoms with Crippen molar-refractivity contribution in [2.24, 2.45) is 11.7 Å². The van der Waals surface area contributed by atoms with Crippen molar-refractivity contribution < 1.29 is 4.79 Å². The summed E-state index contributed by atoms with van der Waals surface area (Å²) in [7, 11) is 0. The SMILES string of the molecule is NC(C=O)C1CC=CCC1. The van der Waals surface area contributed by atoms with Crippen LogP contribution in [0.2, 0.25) is 0 Å². The summed E-state index contributed by atoms with van der Waals surface area (Å²) in [4.78, 5) is 10.3. The maximum Gasteiger partial charge on any atom is 0.136 e. The summed E-state index contributed by atoms with van der Waals surface area (Å²) in [6.07, 6.45) is 8.22. The molecule has 2 N–H and O–H groups in total. The maximum absolute atomic E-state index is 10.3. The summed E-state index contributed by atoms with van der Waals surface area (Å²) in [6, 6.07) is -0.245. The third-order valence-corrected chi connectivity index (χ3v) is 2.01. The summed E-state index contributed by atoms with van der Waals surface area (Å²) in [5.74, 6) is 0.391. The summed E-state index contributed by atoms with van der Waals surface area (Å²) < 4.78 is 0. The Morgan fingerprint density at radius 3 is 2.90 bits per heavy atom. The minimum absolute atomic E-state index is 0.245. The van der Waals surface area contributed by atoms with E-state index < -0.39 is 0 Å². The van der Waals surface area contributed by atoms with Gasteiger partial charge in [-0.25, -0.2) is 0 Å². The predicted octanol–water partition coefficient (Wildman–Crippen LogP) is 0.869. The molecule has 2 nitrogen and oxygen atoms in total. The lowest BCUT2D eigenvalue weighted by Crippen LogP contribution is -2.31. The topological polar surface area (TPSA) is 43.1 Å². The molecule has 0 amide bonds. The number of hydrogen-bond donors (Lipinski definition) is 1. The molecule has 0 aliphatic heterocycles. The van der Waals surface area contributed by atoms with Crippen LogP contribution in [0.1, 0.15) is 19.3 Å². The molecule has 1 aliphatic rings. The van der Waals surface area contributed by atoms with Crippen LogP contribution < -0.4 is 5.73 Å². The van der Waals surface area contributed by atoms with E-state index in [1.165, 1.54) is 0 Å². The van der Waals surface area contributed by atoms with Crippen LogP contribution in [0, 0.1) is 5.92 Å². The zero-order valence-corrected chi connectivity index (χ0v) is 5.99. The highest BCUT2D eigenvalue weighted by Crippen LogP contribution is 2.19. The zero-order chi connectivity index (χ0) is 7.40. The summed E-state index contributed by atoms with van der Waals surface area (Å²) in [5, 5.41) is 0. The second-order valence-electron chi connectivity index (χ2n) is 2.76. The molecule has 0 bridgehead atoms. The minimum Gasteiger partial charge on any atom is -0.322 e. The Morgan fingerprint density at radius 1 is 1.60 bits per heavy atom. The molecule has 2 heteroatoms. The van der Waals surface area contributed by atoms with Crippen molar-refractivity contribution in [3.63, 3.8) is 0 Å². The molecule has 0 aromatic heterocycles. The standard InChI is InChI=1S/C8H13NO/c9-8(6-10)7-4-2-1-3-5-7/h1-2,6-8H,3-5,9H2. The fourth-order valence-corrected chi connectivity index (χ4v) is 1.28. The second-order valence-corrected chi connectivity index (χ2v) is 2.76. The molecule has 0 fully saturated rings. The average Bonchev–Trinajstić information content (AvgIpc) is 2.05. The van der Waals surface area contributed by atoms with Crippen LogP contribution in [-0.4, -0.2) is 12.3 Å². The van der Waals surface area contributed by atoms with Crippen molar-refractivity contribution in [3.8, 4) is 0 Å². The van der Waals surface area contributed by atoms with E-state index in [-0.39, 0.29) is 6.04 Å². The van der Waals surface area contributed by atoms with Gasteiger partial charge < -0.3 is 10.5 Å². The number of aldehydes is 1. The van der Waals surface area contributed by atoms with Crippen LogP contribution in [0.4, 0.5) is 0 Å². The number of allylic oxidation sites excluding steroid dienone is 2. The van der Waals surface area contributed by atoms with Gasteiger partial charge in [-0.15, -0.1) is 0 Å². The first kappa shape index (κ1) is 7.48. The van der Waals surface area contributed by atoms with Gasteiger partial charge in [-0.3, -0.25) is 0 Å². The smallest absolute Gasteiger partial charge is 0.136 e. The summed E-state index contributed by atoms with van der Waals surface area (Å²) in [5.41, 5.74) is 5.55. The number of hydrogen-bond acceptors (Lipinski definition) is 2. The Balaban J connectivity index is 2.40. The van der Waals surface area contributed by atoms with Gasteiger partial charge in [0.05, 0.1) is 6.04 Å². The molecular weight excluding hydrogens is 126 g/mol. The Morgan fingerprint density at radius 2 is 2.40 bits per heavy atom. The second kappa shape index (κ2) is 3.52. The van der Waals surface area contributed by atoms with E-state index in [4.69, 9.17) is 5.73 Å². The van der Waals surface area contributed by atoms with Crippen LogP contribution in [0.25, 0.3) is 0 Å². The number of nitrogens with two attached hydrogens (primary N) is 1. The third kappa shape index (κ3) is 1.67. The highest BCUT2D eigenvalue weighted by Gasteiger charge is 2.16. The lowest BCUT2D eigenvalue weighted by molar-refractivity contribution is -0.109. The van der Waals surface area contributed by atoms with Crippen molar-refractivity contribution in [2.75, 3.05) is 0 Å². The Bertz CT molecular complexity index is 142. The van der Waals surface area contributed by atoms with Crippen molar-refractivity contribution in [2.45, 2.75) is 25.3 Å². The van der Waals surface area contributed by atoms with Crippen LogP contribution in [0.3, 0.4) is 0 Å². The first-order valence-corrected chi connectivity index (χ1v) is 3.70. The maximum atomic E-state index is 10.3. The molecular formula is C8H13NO. The van der Waals surface area contributed by atoms with Crippen molar-refractivity contribution >= 4 is 6.29 Å². The highest BCUT2D eigenvalue weighted by molar-refractivity contribution is 5.57. The molecule has 0 spiro atoms. The van der Waals surface area contributed by atoms with Gasteiger partial charge in [-0.05, 0) is 25.2 Å². The minimum atomic E-state index is -0.245. The van der Waals surface area contributed by atoms with Gasteiger partial charge in [0.25, 0.3) is 0 Å². The highest BCUT2D eigenvalue weighted by atomic mass is 16.1. The Labute approximate surface area is 61.1 Å². The first-order chi connectivity index (χ1) is 4.84. The fraction of sp³-hybridized carbons (Fsp3) is 0.625. The molecule has 0 aromatic carbocycles. The number of carbonyl (C=O) groups excluding carboxylic acids is 1. The molecule has 0 aromatic rings. The number of rotatable bonds is 2. The Hall–Kier alpha value is -0.630. The van der Waals surface area contributed by atoms with E-state index in [9.17, 15) is 4.79 Å². The van der Waals surface area contributed by atoms with Crippen molar-refractivity contribution in [1.82, 2.24) is 0 Å². The molecule has 0 heterocycles. The normalized spacial score (nSPS) is 27.9. The van der Waals surface area contributed by atoms with Crippen LogP contribution >= 0.6 is 0 Å². The third-order valence-electron chi connectivity index (χ3n) is 2.01. The molecule has 0 saturated heterocycles. The van der Waals surface area contributed by atoms with E-state index in [1.54, 1.807) is 0 Å². The van der Waals surface area contributed by atoms with E-state index >= 15 is 0 Å². The summed E-state index contributed by atoms with van der Waals surface area (Å²) >= 11 is 0. The monoisotopic (exact) mass is 139 g/mol. The molecule has 56 valence electrons. The molecule has 1 rings (SSSR count). The molecule has 0 saturated carbocycles. The largest absolute Gasteiger partial charge is 0.322 e. The van der Waals surface area contributed by atoms with Gasteiger partial charge in [-0.1, -0.05) is 12.2 Å². The molecule has 2 unspecified atom stereocenters. The lowest BCUT2D eigenvalue weighted by atomic mass is 9.89. The van der Waals surface area contributed by atoms with Crippen LogP contribution in [0.5, 0.6) is 0 Å². The van der Waals surface area contributed by atoms with Gasteiger partial charge in [0.1, 0.15) is 6.29 Å². The zero-order valence-electron chi connectivity index (χ0n) is 5.99. The van der Waals surface area contributed by atoms with Gasteiger partial charge in [-0.2, -0.15) is 0 Å². The van der Waals surface area contributed by atoms with Crippen LogP contribution in [-0.2, 0) is 4.79 Å². The molecule has 2 atom stereocenters. The lowest BCUT2D eigenvalue weighted by Gasteiger charge is -2.19. The molecule has 0 radical (unpaired) electrons. The predicted molar refractivity (Wildman–Crippen MR) is 40.5 cm³/mol. The Kier molecular flexibility index (Phi) is 2.63. The quantitative estimate of drug-likeness (QED) is 0.455. The van der Waals surface area contributed by atoms with Crippen molar-refractivity contribution in [1.29, 1.82) is 0 Å². The van der Waals surface area contributed by atoms with Gasteiger partial charge in [0.2, 0.25) is 0 Å². The van der Waals surface area contributed by atoms with Gasteiger partial charge in [0.15, 0.2) is 0 Å². The van der Waals surface area contributed by atoms with E-state index in [0.717, 1.165) is 25.5 Å². The van der Waals surface area contributed by atoms with E-state index in [1.807, 2.05) is 0 Å². The fourth-order valence-electron chi connectivity index (χ4n) is 1.28. The van der Waals surface area contributed by atoms with Gasteiger partial charge in [0, 0.05) is 0 Å². The number of carbonyl (C=O) groups is 1. The van der Waals surface area contributed by atoms with E-state index in [2.05, 4.69) is 12.2 Å². The van der Waals surface area contributed by atoms with E-state index in [0.29, 0.717) is 5.92 Å². The molecule has 1 aliphatic carbocycles. The summed E-state index contributed by atoms with van der Waals surface area (Å²) in [6.45, 7) is 0. The van der Waals surface area contributed by atoms with Gasteiger partial charge >= 0.3 is 0 Å². The van der Waals surface area contributed by atoms with Crippen molar-refractivity contribution in [3.05, 3.63) is 12.2 Å². The van der Waals surface area contributed by atoms with Crippen LogP contribution in [0.15, 0.2) is 12.2 Å². The molecule has 10 heavy (non-hydrogen) atoms. The average molecular weight is 139 g/mol. The first-order valence-electron chi connectivity index (χ1n) is 3.70.